The molecular weight excluding hydrogens is 382 g/mol. The first-order valence-electron chi connectivity index (χ1n) is 9.72. The average Bonchev–Trinajstić information content (AvgIpc) is 3.17. The lowest BCUT2D eigenvalue weighted by atomic mass is 9.96. The van der Waals surface area contributed by atoms with E-state index in [9.17, 15) is 18.5 Å². The van der Waals surface area contributed by atoms with Gasteiger partial charge in [-0.1, -0.05) is 6.92 Å². The molecule has 1 N–H and O–H groups in total. The van der Waals surface area contributed by atoms with Crippen molar-refractivity contribution in [3.8, 4) is 6.07 Å². The Morgan fingerprint density at radius 3 is 2.78 bits per heavy atom. The number of anilines is 1. The highest BCUT2D eigenvalue weighted by Gasteiger charge is 2.32. The number of carbonyl (C=O) groups is 1. The lowest BCUT2D eigenvalue weighted by molar-refractivity contribution is -0.116. The molecule has 1 saturated heterocycles. The summed E-state index contributed by atoms with van der Waals surface area (Å²) in [5.74, 6) is 0.341. The maximum Gasteiger partial charge on any atom is 0.226 e. The molecule has 1 atom stereocenters. The van der Waals surface area contributed by atoms with Crippen molar-refractivity contribution in [1.29, 1.82) is 5.26 Å². The number of nitrogens with one attached hydrogen (secondary N) is 1. The smallest absolute Gasteiger partial charge is 0.226 e. The second-order valence-electron chi connectivity index (χ2n) is 7.42. The number of hydrogen-bond acceptors (Lipinski definition) is 6. The predicted octanol–water partition coefficient (Wildman–Crippen LogP) is 2.73. The van der Waals surface area contributed by atoms with Crippen molar-refractivity contribution in [3.05, 3.63) is 16.0 Å². The summed E-state index contributed by atoms with van der Waals surface area (Å²) in [6, 6.07) is 2.29. The van der Waals surface area contributed by atoms with Gasteiger partial charge in [-0.25, -0.2) is 8.42 Å². The molecule has 1 fully saturated rings. The molecule has 1 aromatic heterocycles. The first kappa shape index (κ1) is 20.3. The van der Waals surface area contributed by atoms with Crippen LogP contribution in [0.3, 0.4) is 0 Å². The molecule has 2 aliphatic rings. The summed E-state index contributed by atoms with van der Waals surface area (Å²) in [6.45, 7) is 3.41. The van der Waals surface area contributed by atoms with Crippen LogP contribution in [0.15, 0.2) is 0 Å². The third-order valence-electron chi connectivity index (χ3n) is 5.40. The van der Waals surface area contributed by atoms with Gasteiger partial charge in [-0.05, 0) is 50.6 Å². The van der Waals surface area contributed by atoms with Gasteiger partial charge in [-0.2, -0.15) is 5.26 Å². The minimum Gasteiger partial charge on any atom is -0.317 e. The topological polar surface area (TPSA) is 90.3 Å². The van der Waals surface area contributed by atoms with Crippen molar-refractivity contribution >= 4 is 32.1 Å². The fourth-order valence-corrected chi connectivity index (χ4v) is 7.05. The van der Waals surface area contributed by atoms with Gasteiger partial charge < -0.3 is 5.32 Å². The van der Waals surface area contributed by atoms with Crippen molar-refractivity contribution in [2.75, 3.05) is 29.9 Å². The zero-order chi connectivity index (χ0) is 19.4. The molecule has 1 amide bonds. The number of thiophene rings is 1. The zero-order valence-corrected chi connectivity index (χ0v) is 17.4. The predicted molar refractivity (Wildman–Crippen MR) is 108 cm³/mol. The summed E-state index contributed by atoms with van der Waals surface area (Å²) >= 11 is 1.54. The molecule has 0 radical (unpaired) electrons. The summed E-state index contributed by atoms with van der Waals surface area (Å²) in [4.78, 5) is 15.9. The van der Waals surface area contributed by atoms with Crippen LogP contribution in [-0.4, -0.2) is 49.9 Å². The number of rotatable bonds is 7. The van der Waals surface area contributed by atoms with E-state index >= 15 is 0 Å². The molecule has 0 spiro atoms. The SMILES string of the molecule is CCCN(CCC(=O)Nc1sc2c(c1C#N)CCCC2)C1CCS(=O)(=O)C1. The Morgan fingerprint density at radius 1 is 1.33 bits per heavy atom. The highest BCUT2D eigenvalue weighted by molar-refractivity contribution is 7.91. The Morgan fingerprint density at radius 2 is 2.11 bits per heavy atom. The van der Waals surface area contributed by atoms with Crippen molar-refractivity contribution in [3.63, 3.8) is 0 Å². The van der Waals surface area contributed by atoms with E-state index in [0.29, 0.717) is 30.0 Å². The maximum absolute atomic E-state index is 12.5. The van der Waals surface area contributed by atoms with Gasteiger partial charge in [0.25, 0.3) is 0 Å². The van der Waals surface area contributed by atoms with Crippen molar-refractivity contribution in [2.24, 2.45) is 0 Å². The molecule has 0 saturated carbocycles. The summed E-state index contributed by atoms with van der Waals surface area (Å²) in [6.07, 6.45) is 6.04. The molecule has 1 aromatic rings. The second-order valence-corrected chi connectivity index (χ2v) is 10.8. The third kappa shape index (κ3) is 4.89. The van der Waals surface area contributed by atoms with Crippen LogP contribution in [0.2, 0.25) is 0 Å². The molecule has 148 valence electrons. The van der Waals surface area contributed by atoms with Crippen molar-refractivity contribution < 1.29 is 13.2 Å². The Bertz CT molecular complexity index is 839. The van der Waals surface area contributed by atoms with E-state index in [2.05, 4.69) is 23.2 Å². The normalized spacial score (nSPS) is 21.0. The van der Waals surface area contributed by atoms with Crippen LogP contribution in [0.4, 0.5) is 5.00 Å². The van der Waals surface area contributed by atoms with Crippen LogP contribution in [0.5, 0.6) is 0 Å². The van der Waals surface area contributed by atoms with Gasteiger partial charge in [0, 0.05) is 23.9 Å². The molecule has 0 bridgehead atoms. The molecule has 1 aliphatic carbocycles. The lowest BCUT2D eigenvalue weighted by Gasteiger charge is -2.27. The molecule has 1 unspecified atom stereocenters. The third-order valence-corrected chi connectivity index (χ3v) is 8.36. The summed E-state index contributed by atoms with van der Waals surface area (Å²) < 4.78 is 23.5. The second kappa shape index (κ2) is 8.72. The number of nitriles is 1. The van der Waals surface area contributed by atoms with E-state index < -0.39 is 9.84 Å². The monoisotopic (exact) mass is 409 g/mol. The summed E-state index contributed by atoms with van der Waals surface area (Å²) in [7, 11) is -2.93. The van der Waals surface area contributed by atoms with Gasteiger partial charge in [0.1, 0.15) is 11.1 Å². The van der Waals surface area contributed by atoms with Gasteiger partial charge in [0.15, 0.2) is 9.84 Å². The minimum atomic E-state index is -2.93. The number of aryl methyl sites for hydroxylation is 1. The molecule has 8 heteroatoms. The number of sulfone groups is 1. The van der Waals surface area contributed by atoms with Crippen LogP contribution in [0.1, 0.15) is 55.0 Å². The first-order chi connectivity index (χ1) is 12.9. The highest BCUT2D eigenvalue weighted by Crippen LogP contribution is 2.37. The van der Waals surface area contributed by atoms with Crippen LogP contribution < -0.4 is 5.32 Å². The van der Waals surface area contributed by atoms with Gasteiger partial charge in [0.05, 0.1) is 17.1 Å². The average molecular weight is 410 g/mol. The van der Waals surface area contributed by atoms with Gasteiger partial charge in [-0.15, -0.1) is 11.3 Å². The van der Waals surface area contributed by atoms with Crippen LogP contribution in [0.25, 0.3) is 0 Å². The van der Waals surface area contributed by atoms with Crippen LogP contribution >= 0.6 is 11.3 Å². The largest absolute Gasteiger partial charge is 0.317 e. The Kier molecular flexibility index (Phi) is 6.56. The van der Waals surface area contributed by atoms with E-state index in [1.807, 2.05) is 0 Å². The number of hydrogen-bond donors (Lipinski definition) is 1. The molecule has 0 aromatic carbocycles. The van der Waals surface area contributed by atoms with Gasteiger partial charge in [0.2, 0.25) is 5.91 Å². The Labute approximate surface area is 165 Å². The summed E-state index contributed by atoms with van der Waals surface area (Å²) in [5, 5.41) is 13.1. The van der Waals surface area contributed by atoms with Crippen molar-refractivity contribution in [2.45, 2.75) is 57.9 Å². The first-order valence-corrected chi connectivity index (χ1v) is 12.4. The summed E-state index contributed by atoms with van der Waals surface area (Å²) in [5.41, 5.74) is 1.75. The highest BCUT2D eigenvalue weighted by atomic mass is 32.2. The number of nitrogens with zero attached hydrogens (tertiary/aromatic N) is 2. The van der Waals surface area contributed by atoms with E-state index in [0.717, 1.165) is 44.2 Å². The number of fused-ring (bicyclic) bond motifs is 1. The van der Waals surface area contributed by atoms with E-state index in [1.165, 1.54) is 16.2 Å². The molecule has 2 heterocycles. The standard InChI is InChI=1S/C19H27N3O3S2/c1-2-9-22(14-8-11-27(24,25)13-14)10-7-18(23)21-19-16(12-20)15-5-3-4-6-17(15)26-19/h14H,2-11,13H2,1H3,(H,21,23). The van der Waals surface area contributed by atoms with Crippen LogP contribution in [-0.2, 0) is 27.5 Å². The van der Waals surface area contributed by atoms with E-state index in [1.54, 1.807) is 0 Å². The van der Waals surface area contributed by atoms with Gasteiger partial charge in [-0.3, -0.25) is 9.69 Å². The lowest BCUT2D eigenvalue weighted by Crippen LogP contribution is -2.38. The molecule has 27 heavy (non-hydrogen) atoms. The Hall–Kier alpha value is -1.43. The molecular formula is C19H27N3O3S2. The number of carbonyl (C=O) groups excluding carboxylic acids is 1. The molecule has 3 rings (SSSR count). The van der Waals surface area contributed by atoms with Crippen molar-refractivity contribution in [1.82, 2.24) is 4.90 Å². The quantitative estimate of drug-likeness (QED) is 0.748. The van der Waals surface area contributed by atoms with E-state index in [4.69, 9.17) is 0 Å². The number of amides is 1. The zero-order valence-electron chi connectivity index (χ0n) is 15.8. The molecule has 6 nitrogen and oxygen atoms in total. The minimum absolute atomic E-state index is 0.0199. The van der Waals surface area contributed by atoms with E-state index in [-0.39, 0.29) is 23.5 Å². The van der Waals surface area contributed by atoms with Gasteiger partial charge >= 0.3 is 0 Å². The fraction of sp³-hybridized carbons (Fsp3) is 0.684. The maximum atomic E-state index is 12.5. The van der Waals surface area contributed by atoms with Crippen LogP contribution in [0, 0.1) is 11.3 Å². The molecule has 1 aliphatic heterocycles. The fourth-order valence-electron chi connectivity index (χ4n) is 4.03. The Balaban J connectivity index is 1.60.